The van der Waals surface area contributed by atoms with Crippen LogP contribution in [0.2, 0.25) is 0 Å². The Morgan fingerprint density at radius 3 is 2.55 bits per heavy atom. The number of carbonyl (C=O) groups excluding carboxylic acids is 2. The highest BCUT2D eigenvalue weighted by Gasteiger charge is 2.21. The van der Waals surface area contributed by atoms with E-state index in [0.717, 1.165) is 22.0 Å². The molecule has 0 bridgehead atoms. The summed E-state index contributed by atoms with van der Waals surface area (Å²) in [5.41, 5.74) is 1.57. The van der Waals surface area contributed by atoms with Gasteiger partial charge in [-0.15, -0.1) is 0 Å². The number of thiocarbonyl (C=S) groups is 1. The number of carbonyl (C=O) groups is 2. The van der Waals surface area contributed by atoms with E-state index in [9.17, 15) is 9.59 Å². The number of hydrogen-bond donors (Lipinski definition) is 2. The maximum absolute atomic E-state index is 12.2. The summed E-state index contributed by atoms with van der Waals surface area (Å²) in [4.78, 5) is 24.4. The molecule has 0 aromatic heterocycles. The molecule has 5 nitrogen and oxygen atoms in total. The van der Waals surface area contributed by atoms with Gasteiger partial charge >= 0.3 is 0 Å². The first kappa shape index (κ1) is 19.2. The average Bonchev–Trinajstić information content (AvgIpc) is 3.04. The number of fused-ring (bicyclic) bond motifs is 1. The van der Waals surface area contributed by atoms with E-state index in [-0.39, 0.29) is 18.4 Å². The van der Waals surface area contributed by atoms with Gasteiger partial charge in [0.15, 0.2) is 6.61 Å². The molecule has 1 saturated heterocycles. The van der Waals surface area contributed by atoms with E-state index in [0.29, 0.717) is 15.0 Å². The highest BCUT2D eigenvalue weighted by molar-refractivity contribution is 8.26. The second-order valence-corrected chi connectivity index (χ2v) is 8.04. The molecule has 3 aromatic carbocycles. The van der Waals surface area contributed by atoms with Gasteiger partial charge < -0.3 is 15.4 Å². The molecular formula is C22H16N2O3S2. The zero-order chi connectivity index (χ0) is 20.2. The lowest BCUT2D eigenvalue weighted by atomic mass is 10.1. The molecule has 0 radical (unpaired) electrons. The Bertz CT molecular complexity index is 1140. The number of anilines is 1. The minimum absolute atomic E-state index is 0.0974. The molecule has 1 fully saturated rings. The minimum atomic E-state index is -0.237. The zero-order valence-corrected chi connectivity index (χ0v) is 16.8. The summed E-state index contributed by atoms with van der Waals surface area (Å²) in [6.07, 6.45) is 1.76. The first-order valence-electron chi connectivity index (χ1n) is 8.83. The fourth-order valence-electron chi connectivity index (χ4n) is 2.85. The van der Waals surface area contributed by atoms with Gasteiger partial charge in [0.25, 0.3) is 11.8 Å². The predicted octanol–water partition coefficient (Wildman–Crippen LogP) is 4.35. The Balaban J connectivity index is 1.33. The van der Waals surface area contributed by atoms with E-state index in [1.807, 2.05) is 54.6 Å². The molecule has 1 aliphatic rings. The molecule has 1 heterocycles. The first-order valence-corrected chi connectivity index (χ1v) is 10.1. The number of hydrogen-bond acceptors (Lipinski definition) is 5. The van der Waals surface area contributed by atoms with Crippen molar-refractivity contribution in [3.8, 4) is 5.75 Å². The maximum Gasteiger partial charge on any atom is 0.263 e. The van der Waals surface area contributed by atoms with Gasteiger partial charge in [-0.25, -0.2) is 0 Å². The lowest BCUT2D eigenvalue weighted by Gasteiger charge is -2.09. The second-order valence-electron chi connectivity index (χ2n) is 6.32. The summed E-state index contributed by atoms with van der Waals surface area (Å²) in [6.45, 7) is -0.0974. The van der Waals surface area contributed by atoms with Crippen LogP contribution >= 0.6 is 24.0 Å². The fraction of sp³-hybridized carbons (Fsp3) is 0.0455. The summed E-state index contributed by atoms with van der Waals surface area (Å²) in [6, 6.07) is 20.9. The van der Waals surface area contributed by atoms with Crippen molar-refractivity contribution < 1.29 is 14.3 Å². The number of ether oxygens (including phenoxy) is 1. The Morgan fingerprint density at radius 2 is 1.83 bits per heavy atom. The van der Waals surface area contributed by atoms with Gasteiger partial charge in [0.2, 0.25) is 0 Å². The van der Waals surface area contributed by atoms with E-state index in [1.165, 1.54) is 11.8 Å². The van der Waals surface area contributed by atoms with Gasteiger partial charge in [0.05, 0.1) is 4.91 Å². The van der Waals surface area contributed by atoms with Crippen LogP contribution in [0.25, 0.3) is 16.8 Å². The molecule has 7 heteroatoms. The molecular weight excluding hydrogens is 404 g/mol. The van der Waals surface area contributed by atoms with Crippen LogP contribution in [0.4, 0.5) is 5.69 Å². The van der Waals surface area contributed by atoms with Crippen LogP contribution in [0, 0.1) is 0 Å². The Kier molecular flexibility index (Phi) is 5.59. The van der Waals surface area contributed by atoms with Crippen molar-refractivity contribution >= 4 is 62.7 Å². The van der Waals surface area contributed by atoms with Crippen molar-refractivity contribution in [3.63, 3.8) is 0 Å². The van der Waals surface area contributed by atoms with Crippen LogP contribution in [0.3, 0.4) is 0 Å². The number of rotatable bonds is 5. The van der Waals surface area contributed by atoms with Crippen molar-refractivity contribution in [2.75, 3.05) is 11.9 Å². The minimum Gasteiger partial charge on any atom is -0.484 e. The lowest BCUT2D eigenvalue weighted by Crippen LogP contribution is -2.20. The normalized spacial score (nSPS) is 14.8. The molecule has 0 atom stereocenters. The van der Waals surface area contributed by atoms with Gasteiger partial charge in [-0.2, -0.15) is 0 Å². The van der Waals surface area contributed by atoms with Crippen molar-refractivity contribution in [2.24, 2.45) is 0 Å². The highest BCUT2D eigenvalue weighted by atomic mass is 32.2. The average molecular weight is 421 g/mol. The van der Waals surface area contributed by atoms with E-state index in [4.69, 9.17) is 17.0 Å². The summed E-state index contributed by atoms with van der Waals surface area (Å²) in [5.74, 6) is 0.143. The molecule has 2 amide bonds. The fourth-order valence-corrected chi connectivity index (χ4v) is 3.89. The van der Waals surface area contributed by atoms with Gasteiger partial charge in [-0.3, -0.25) is 9.59 Å². The number of nitrogens with one attached hydrogen (secondary N) is 2. The maximum atomic E-state index is 12.2. The van der Waals surface area contributed by atoms with E-state index in [2.05, 4.69) is 10.6 Å². The molecule has 0 aliphatic carbocycles. The summed E-state index contributed by atoms with van der Waals surface area (Å²) >= 11 is 6.21. The zero-order valence-electron chi connectivity index (χ0n) is 15.2. The molecule has 3 aromatic rings. The van der Waals surface area contributed by atoms with Crippen LogP contribution in [-0.2, 0) is 9.59 Å². The smallest absolute Gasteiger partial charge is 0.263 e. The van der Waals surface area contributed by atoms with Crippen LogP contribution in [0.1, 0.15) is 5.56 Å². The highest BCUT2D eigenvalue weighted by Crippen LogP contribution is 2.26. The first-order chi connectivity index (χ1) is 14.1. The van der Waals surface area contributed by atoms with Crippen molar-refractivity contribution in [3.05, 3.63) is 77.2 Å². The Labute approximate surface area is 177 Å². The molecule has 2 N–H and O–H groups in total. The number of amides is 2. The third-order valence-electron chi connectivity index (χ3n) is 4.22. The molecule has 0 unspecified atom stereocenters. The monoisotopic (exact) mass is 420 g/mol. The van der Waals surface area contributed by atoms with E-state index in [1.54, 1.807) is 18.2 Å². The third-order valence-corrected chi connectivity index (χ3v) is 5.39. The largest absolute Gasteiger partial charge is 0.484 e. The summed E-state index contributed by atoms with van der Waals surface area (Å²) in [5, 5.41) is 7.60. The van der Waals surface area contributed by atoms with E-state index < -0.39 is 0 Å². The van der Waals surface area contributed by atoms with Crippen LogP contribution in [-0.4, -0.2) is 22.7 Å². The van der Waals surface area contributed by atoms with Crippen LogP contribution in [0.15, 0.2) is 71.6 Å². The molecule has 144 valence electrons. The van der Waals surface area contributed by atoms with Gasteiger partial charge in [-0.1, -0.05) is 66.4 Å². The SMILES string of the molecule is O=C(COc1ccc(/C=C2\SC(=S)NC2=O)cc1)Nc1ccc2ccccc2c1. The molecule has 29 heavy (non-hydrogen) atoms. The number of thioether (sulfide) groups is 1. The Morgan fingerprint density at radius 1 is 1.07 bits per heavy atom. The molecule has 1 aliphatic heterocycles. The third kappa shape index (κ3) is 4.82. The molecule has 0 spiro atoms. The summed E-state index contributed by atoms with van der Waals surface area (Å²) in [7, 11) is 0. The standard InChI is InChI=1S/C22H16N2O3S2/c25-20(23-17-8-7-15-3-1-2-4-16(15)12-17)13-27-18-9-5-14(6-10-18)11-19-21(26)24-22(28)29-19/h1-12H,13H2,(H,23,25)(H,24,26,28)/b19-11-. The van der Waals surface area contributed by atoms with Gasteiger partial charge in [-0.05, 0) is 46.7 Å². The quantitative estimate of drug-likeness (QED) is 0.475. The van der Waals surface area contributed by atoms with Crippen molar-refractivity contribution in [1.82, 2.24) is 5.32 Å². The van der Waals surface area contributed by atoms with E-state index >= 15 is 0 Å². The predicted molar refractivity (Wildman–Crippen MR) is 121 cm³/mol. The van der Waals surface area contributed by atoms with Crippen LogP contribution in [0.5, 0.6) is 5.75 Å². The second kappa shape index (κ2) is 8.46. The molecule has 4 rings (SSSR count). The topological polar surface area (TPSA) is 67.4 Å². The van der Waals surface area contributed by atoms with Crippen molar-refractivity contribution in [1.29, 1.82) is 0 Å². The van der Waals surface area contributed by atoms with Gasteiger partial charge in [0, 0.05) is 5.69 Å². The van der Waals surface area contributed by atoms with Crippen LogP contribution < -0.4 is 15.4 Å². The lowest BCUT2D eigenvalue weighted by molar-refractivity contribution is -0.118. The van der Waals surface area contributed by atoms with Crippen molar-refractivity contribution in [2.45, 2.75) is 0 Å². The molecule has 0 saturated carbocycles. The number of benzene rings is 3. The van der Waals surface area contributed by atoms with Gasteiger partial charge in [0.1, 0.15) is 10.1 Å². The Hall–Kier alpha value is -3.16. The summed E-state index contributed by atoms with van der Waals surface area (Å²) < 4.78 is 6.01.